The van der Waals surface area contributed by atoms with Crippen molar-refractivity contribution in [2.75, 3.05) is 39.3 Å². The standard InChI is InChI=1S/C6H17N3O.5CN.Fe/c7-1-2-8-3-4-9-5-6-10;5*1-2;/h8-10H,1-7H2;;;;;;/q;5*-1;+5. The molecule has 10 heteroatoms. The second-order valence-corrected chi connectivity index (χ2v) is 2.01. The minimum atomic E-state index is 0. The number of rotatable bonds is 7. The molecule has 0 unspecified atom stereocenters. The van der Waals surface area contributed by atoms with Crippen LogP contribution in [0, 0.1) is 59.2 Å². The molecule has 0 amide bonds. The predicted octanol–water partition coefficient (Wildman–Crippen LogP) is -1.40. The fourth-order valence-corrected chi connectivity index (χ4v) is 0.608. The van der Waals surface area contributed by atoms with Gasteiger partial charge in [0.05, 0.1) is 6.61 Å². The summed E-state index contributed by atoms with van der Waals surface area (Å²) in [5.74, 6) is 0. The summed E-state index contributed by atoms with van der Waals surface area (Å²) in [6.07, 6.45) is 0. The number of nitrogens with two attached hydrogens (primary N) is 1. The van der Waals surface area contributed by atoms with E-state index in [-0.39, 0.29) is 23.7 Å². The van der Waals surface area contributed by atoms with Gasteiger partial charge in [0.1, 0.15) is 0 Å². The van der Waals surface area contributed by atoms with Crippen molar-refractivity contribution in [1.82, 2.24) is 10.6 Å². The molecule has 0 rings (SSSR count). The van der Waals surface area contributed by atoms with Gasteiger partial charge in [0, 0.05) is 32.7 Å². The second-order valence-electron chi connectivity index (χ2n) is 2.01. The van der Waals surface area contributed by atoms with E-state index >= 15 is 0 Å². The molecular formula is C11H17FeN8O. The first-order valence-electron chi connectivity index (χ1n) is 4.76. The van der Waals surface area contributed by atoms with Crippen LogP contribution in [0.15, 0.2) is 0 Å². The number of nitrogens with one attached hydrogen (secondary N) is 2. The predicted molar refractivity (Wildman–Crippen MR) is 66.7 cm³/mol. The molecule has 0 bridgehead atoms. The molecule has 0 aliphatic heterocycles. The van der Waals surface area contributed by atoms with Crippen LogP contribution in [0.3, 0.4) is 0 Å². The Kier molecular flexibility index (Phi) is 304. The average Bonchev–Trinajstić information content (AvgIpc) is 2.60. The molecule has 0 aliphatic rings. The zero-order valence-electron chi connectivity index (χ0n) is 11.4. The van der Waals surface area contributed by atoms with E-state index in [1.807, 2.05) is 0 Å². The van der Waals surface area contributed by atoms with E-state index in [4.69, 9.17) is 70.0 Å². The van der Waals surface area contributed by atoms with Crippen molar-refractivity contribution in [3.8, 4) is 0 Å². The van der Waals surface area contributed by atoms with Crippen LogP contribution in [0.2, 0.25) is 0 Å². The molecule has 9 nitrogen and oxygen atoms in total. The largest absolute Gasteiger partial charge is 5.00 e. The zero-order valence-corrected chi connectivity index (χ0v) is 12.5. The van der Waals surface area contributed by atoms with E-state index in [1.54, 1.807) is 0 Å². The zero-order chi connectivity index (χ0) is 17.7. The molecule has 0 aromatic rings. The second kappa shape index (κ2) is 149. The Morgan fingerprint density at radius 2 is 0.952 bits per heavy atom. The van der Waals surface area contributed by atoms with Crippen molar-refractivity contribution >= 4 is 0 Å². The van der Waals surface area contributed by atoms with Crippen LogP contribution < -0.4 is 16.4 Å². The van der Waals surface area contributed by atoms with Crippen molar-refractivity contribution in [3.63, 3.8) is 0 Å². The first-order valence-corrected chi connectivity index (χ1v) is 4.76. The maximum absolute atomic E-state index is 8.37. The number of nitrogens with zero attached hydrogens (tertiary/aromatic N) is 5. The first kappa shape index (κ1) is 42.8. The number of aliphatic hydroxyl groups excluding tert-OH is 1. The van der Waals surface area contributed by atoms with Crippen molar-refractivity contribution in [2.24, 2.45) is 5.73 Å². The van der Waals surface area contributed by atoms with Gasteiger partial charge in [-0.2, -0.15) is 0 Å². The topological polar surface area (TPSA) is 189 Å². The summed E-state index contributed by atoms with van der Waals surface area (Å²) in [5.41, 5.74) is 5.25. The van der Waals surface area contributed by atoms with Gasteiger partial charge in [-0.15, -0.1) is 0 Å². The normalized spacial score (nSPS) is 5.33. The molecule has 0 atom stereocenters. The quantitative estimate of drug-likeness (QED) is 0.246. The van der Waals surface area contributed by atoms with Crippen LogP contribution in [0.25, 0.3) is 0 Å². The summed E-state index contributed by atoms with van der Waals surface area (Å²) in [6.45, 7) is 28.0. The summed E-state index contributed by atoms with van der Waals surface area (Å²) in [6, 6.07) is 0. The van der Waals surface area contributed by atoms with Gasteiger partial charge < -0.3 is 80.6 Å². The smallest absolute Gasteiger partial charge is 0.512 e. The van der Waals surface area contributed by atoms with Crippen LogP contribution in [0.4, 0.5) is 0 Å². The van der Waals surface area contributed by atoms with Crippen LogP contribution in [0.5, 0.6) is 0 Å². The van der Waals surface area contributed by atoms with Crippen molar-refractivity contribution in [2.45, 2.75) is 0 Å². The van der Waals surface area contributed by atoms with Gasteiger partial charge in [-0.05, 0) is 0 Å². The molecule has 1 radical (unpaired) electrons. The fraction of sp³-hybridized carbons (Fsp3) is 0.545. The van der Waals surface area contributed by atoms with E-state index in [0.29, 0.717) is 13.1 Å². The monoisotopic (exact) mass is 333 g/mol. The van der Waals surface area contributed by atoms with Crippen LogP contribution in [0.1, 0.15) is 0 Å². The SMILES string of the molecule is NCCNCCNCCO.[C-]#N.[C-]#N.[C-]#N.[C-]#N.[C-]#N.[Fe+5]. The van der Waals surface area contributed by atoms with E-state index in [1.165, 1.54) is 0 Å². The van der Waals surface area contributed by atoms with Crippen molar-refractivity contribution in [3.05, 3.63) is 32.9 Å². The minimum Gasteiger partial charge on any atom is -0.512 e. The molecule has 5 N–H and O–H groups in total. The summed E-state index contributed by atoms with van der Waals surface area (Å²) in [7, 11) is 0. The van der Waals surface area contributed by atoms with Gasteiger partial charge in [0.2, 0.25) is 0 Å². The molecule has 0 aromatic heterocycles. The maximum Gasteiger partial charge on any atom is 5.00 e. The molecule has 0 fully saturated rings. The van der Waals surface area contributed by atoms with Crippen LogP contribution in [-0.2, 0) is 17.1 Å². The Bertz CT molecular complexity index is 172. The van der Waals surface area contributed by atoms with Gasteiger partial charge in [-0.1, -0.05) is 0 Å². The Hall–Kier alpha value is -2.19. The molecular weight excluding hydrogens is 316 g/mol. The maximum atomic E-state index is 8.37. The average molecular weight is 333 g/mol. The van der Waals surface area contributed by atoms with Gasteiger partial charge >= 0.3 is 17.1 Å². The fourth-order valence-electron chi connectivity index (χ4n) is 0.608. The van der Waals surface area contributed by atoms with E-state index in [0.717, 1.165) is 19.6 Å². The first-order chi connectivity index (χ1) is 9.91. The van der Waals surface area contributed by atoms with Crippen molar-refractivity contribution < 1.29 is 22.2 Å². The summed E-state index contributed by atoms with van der Waals surface area (Å²) < 4.78 is 0. The third-order valence-corrected chi connectivity index (χ3v) is 1.09. The Morgan fingerprint density at radius 1 is 0.667 bits per heavy atom. The Morgan fingerprint density at radius 3 is 1.19 bits per heavy atom. The Labute approximate surface area is 137 Å². The summed E-state index contributed by atoms with van der Waals surface area (Å²) in [4.78, 5) is 0. The number of hydrogen-bond donors (Lipinski definition) is 4. The van der Waals surface area contributed by atoms with Crippen LogP contribution >= 0.6 is 0 Å². The van der Waals surface area contributed by atoms with Gasteiger partial charge in [0.25, 0.3) is 0 Å². The molecule has 0 spiro atoms. The van der Waals surface area contributed by atoms with Crippen molar-refractivity contribution in [1.29, 1.82) is 26.3 Å². The van der Waals surface area contributed by atoms with E-state index in [9.17, 15) is 0 Å². The molecule has 0 heterocycles. The third kappa shape index (κ3) is 192. The Balaban J connectivity index is -0.0000000303. The van der Waals surface area contributed by atoms with Gasteiger partial charge in [-0.25, -0.2) is 0 Å². The van der Waals surface area contributed by atoms with Gasteiger partial charge in [0.15, 0.2) is 0 Å². The third-order valence-electron chi connectivity index (χ3n) is 1.09. The van der Waals surface area contributed by atoms with E-state index in [2.05, 4.69) is 10.6 Å². The molecule has 0 saturated heterocycles. The number of hydrogen-bond acceptors (Lipinski definition) is 9. The van der Waals surface area contributed by atoms with Gasteiger partial charge in [-0.3, -0.25) is 0 Å². The molecule has 115 valence electrons. The van der Waals surface area contributed by atoms with Crippen LogP contribution in [-0.4, -0.2) is 44.4 Å². The number of aliphatic hydroxyl groups is 1. The summed E-state index contributed by atoms with van der Waals surface area (Å²) in [5, 5.41) is 45.8. The molecule has 0 aromatic carbocycles. The summed E-state index contributed by atoms with van der Waals surface area (Å²) >= 11 is 0. The molecule has 0 saturated carbocycles. The molecule has 0 aliphatic carbocycles. The van der Waals surface area contributed by atoms with E-state index < -0.39 is 0 Å². The molecule has 21 heavy (non-hydrogen) atoms. The minimum absolute atomic E-state index is 0.